The van der Waals surface area contributed by atoms with E-state index in [0.717, 1.165) is 44.9 Å². The number of hydrogen-bond donors (Lipinski definition) is 2. The highest BCUT2D eigenvalue weighted by Crippen LogP contribution is 2.38. The van der Waals surface area contributed by atoms with Crippen molar-refractivity contribution in [2.75, 3.05) is 40.9 Å². The number of quaternary nitrogens is 1. The van der Waals surface area contributed by atoms with Crippen LogP contribution in [0.25, 0.3) is 0 Å². The van der Waals surface area contributed by atoms with Gasteiger partial charge in [-0.3, -0.25) is 9.36 Å². The molecule has 0 aromatic carbocycles. The van der Waals surface area contributed by atoms with Crippen molar-refractivity contribution in [1.29, 1.82) is 0 Å². The monoisotopic (exact) mass is 811 g/mol. The minimum atomic E-state index is -4.60. The molecular weight excluding hydrogens is 719 g/mol. The van der Waals surface area contributed by atoms with Crippen LogP contribution in [0.4, 0.5) is 0 Å². The van der Waals surface area contributed by atoms with Gasteiger partial charge in [-0.05, 0) is 44.9 Å². The van der Waals surface area contributed by atoms with Gasteiger partial charge in [0, 0.05) is 6.42 Å². The molecule has 0 radical (unpaired) electrons. The van der Waals surface area contributed by atoms with Gasteiger partial charge in [0.25, 0.3) is 7.82 Å². The number of phosphoric acid groups is 1. The number of unbranched alkanes of at least 4 members (excludes halogenated alkanes) is 25. The fraction of sp³-hybridized carbons (Fsp3) is 0.851. The second kappa shape index (κ2) is 39.2. The smallest absolute Gasteiger partial charge is 0.268 e. The summed E-state index contributed by atoms with van der Waals surface area (Å²) in [6.45, 7) is 4.61. The number of carbonyl (C=O) groups excluding carboxylic acids is 1. The lowest BCUT2D eigenvalue weighted by atomic mass is 10.0. The number of aliphatic hydroxyl groups is 1. The first-order valence-electron chi connectivity index (χ1n) is 23.4. The van der Waals surface area contributed by atoms with Gasteiger partial charge in [0.1, 0.15) is 13.2 Å². The van der Waals surface area contributed by atoms with Gasteiger partial charge in [0.05, 0.1) is 39.9 Å². The summed E-state index contributed by atoms with van der Waals surface area (Å²) in [5, 5.41) is 13.8. The summed E-state index contributed by atoms with van der Waals surface area (Å²) in [5.41, 5.74) is 0. The number of nitrogens with zero attached hydrogens (tertiary/aromatic N) is 1. The maximum Gasteiger partial charge on any atom is 0.268 e. The van der Waals surface area contributed by atoms with Crippen LogP contribution >= 0.6 is 7.82 Å². The molecule has 0 saturated carbocycles. The Morgan fingerprint density at radius 3 is 1.45 bits per heavy atom. The van der Waals surface area contributed by atoms with Crippen LogP contribution in [0.5, 0.6) is 0 Å². The Kier molecular flexibility index (Phi) is 38.3. The first kappa shape index (κ1) is 54.7. The largest absolute Gasteiger partial charge is 0.756 e. The Bertz CT molecular complexity index is 1010. The van der Waals surface area contributed by atoms with Gasteiger partial charge in [-0.15, -0.1) is 0 Å². The maximum absolute atomic E-state index is 12.8. The van der Waals surface area contributed by atoms with E-state index < -0.39 is 26.6 Å². The van der Waals surface area contributed by atoms with E-state index in [1.807, 2.05) is 27.2 Å². The molecule has 0 bridgehead atoms. The summed E-state index contributed by atoms with van der Waals surface area (Å²) in [4.78, 5) is 25.3. The molecule has 56 heavy (non-hydrogen) atoms. The molecule has 0 aromatic rings. The van der Waals surface area contributed by atoms with Gasteiger partial charge < -0.3 is 28.8 Å². The summed E-state index contributed by atoms with van der Waals surface area (Å²) in [7, 11) is 1.24. The van der Waals surface area contributed by atoms with Crippen LogP contribution in [-0.2, 0) is 18.4 Å². The molecule has 3 atom stereocenters. The molecule has 330 valence electrons. The van der Waals surface area contributed by atoms with Crippen LogP contribution in [0.15, 0.2) is 36.5 Å². The molecule has 3 unspecified atom stereocenters. The topological polar surface area (TPSA) is 108 Å². The molecule has 1 amide bonds. The van der Waals surface area contributed by atoms with E-state index >= 15 is 0 Å². The second-order valence-electron chi connectivity index (χ2n) is 17.1. The van der Waals surface area contributed by atoms with Gasteiger partial charge in [0.15, 0.2) is 0 Å². The summed E-state index contributed by atoms with van der Waals surface area (Å²) >= 11 is 0. The van der Waals surface area contributed by atoms with Gasteiger partial charge in [-0.2, -0.15) is 0 Å². The number of allylic oxidation sites excluding steroid dienone is 5. The van der Waals surface area contributed by atoms with E-state index in [-0.39, 0.29) is 12.5 Å². The lowest BCUT2D eigenvalue weighted by molar-refractivity contribution is -0.870. The summed E-state index contributed by atoms with van der Waals surface area (Å²) < 4.78 is 23.2. The zero-order chi connectivity index (χ0) is 41.4. The molecule has 8 nitrogen and oxygen atoms in total. The number of amides is 1. The number of likely N-dealkylation sites (N-methyl/N-ethyl adjacent to an activating group) is 1. The number of aliphatic hydroxyl groups excluding tert-OH is 1. The number of carbonyl (C=O) groups is 1. The molecule has 0 aliphatic rings. The second-order valence-corrected chi connectivity index (χ2v) is 18.5. The zero-order valence-corrected chi connectivity index (χ0v) is 38.2. The number of hydrogen-bond acceptors (Lipinski definition) is 6. The highest BCUT2D eigenvalue weighted by Gasteiger charge is 2.23. The molecule has 0 fully saturated rings. The molecule has 0 aliphatic carbocycles. The quantitative estimate of drug-likeness (QED) is 0.0275. The van der Waals surface area contributed by atoms with Crippen molar-refractivity contribution in [3.05, 3.63) is 36.5 Å². The van der Waals surface area contributed by atoms with E-state index in [4.69, 9.17) is 9.05 Å². The third-order valence-corrected chi connectivity index (χ3v) is 11.3. The summed E-state index contributed by atoms with van der Waals surface area (Å²) in [6, 6.07) is -0.905. The van der Waals surface area contributed by atoms with Crippen LogP contribution in [0.3, 0.4) is 0 Å². The number of phosphoric ester groups is 1. The van der Waals surface area contributed by atoms with Gasteiger partial charge in [0.2, 0.25) is 5.91 Å². The van der Waals surface area contributed by atoms with E-state index in [1.165, 1.54) is 141 Å². The van der Waals surface area contributed by atoms with E-state index in [1.54, 1.807) is 6.08 Å². The van der Waals surface area contributed by atoms with Gasteiger partial charge >= 0.3 is 0 Å². The third kappa shape index (κ3) is 40.9. The molecular formula is C47H91N2O6P. The minimum Gasteiger partial charge on any atom is -0.756 e. The Hall–Kier alpha value is -1.28. The Balaban J connectivity index is 4.42. The lowest BCUT2D eigenvalue weighted by Crippen LogP contribution is -2.45. The van der Waals surface area contributed by atoms with E-state index in [9.17, 15) is 19.4 Å². The Morgan fingerprint density at radius 2 is 1.00 bits per heavy atom. The predicted molar refractivity (Wildman–Crippen MR) is 238 cm³/mol. The van der Waals surface area contributed by atoms with Crippen LogP contribution in [0.1, 0.15) is 206 Å². The molecule has 0 saturated heterocycles. The highest BCUT2D eigenvalue weighted by molar-refractivity contribution is 7.45. The van der Waals surface area contributed by atoms with Crippen LogP contribution < -0.4 is 10.2 Å². The Labute approximate surface area is 347 Å². The fourth-order valence-corrected chi connectivity index (χ4v) is 7.32. The lowest BCUT2D eigenvalue weighted by Gasteiger charge is -2.29. The van der Waals surface area contributed by atoms with Gasteiger partial charge in [-0.1, -0.05) is 192 Å². The van der Waals surface area contributed by atoms with Crippen molar-refractivity contribution in [2.24, 2.45) is 0 Å². The van der Waals surface area contributed by atoms with Crippen molar-refractivity contribution in [3.63, 3.8) is 0 Å². The van der Waals surface area contributed by atoms with Crippen molar-refractivity contribution in [1.82, 2.24) is 5.32 Å². The average Bonchev–Trinajstić information content (AvgIpc) is 3.15. The maximum atomic E-state index is 12.8. The molecule has 2 N–H and O–H groups in total. The van der Waals surface area contributed by atoms with Crippen molar-refractivity contribution in [2.45, 2.75) is 219 Å². The van der Waals surface area contributed by atoms with Crippen molar-refractivity contribution < 1.29 is 32.9 Å². The van der Waals surface area contributed by atoms with Gasteiger partial charge in [-0.25, -0.2) is 0 Å². The first-order chi connectivity index (χ1) is 27.0. The van der Waals surface area contributed by atoms with Crippen LogP contribution in [0.2, 0.25) is 0 Å². The molecule has 0 spiro atoms. The van der Waals surface area contributed by atoms with Crippen LogP contribution in [-0.4, -0.2) is 68.5 Å². The third-order valence-electron chi connectivity index (χ3n) is 10.3. The molecule has 0 rings (SSSR count). The molecule has 0 aliphatic heterocycles. The number of nitrogens with one attached hydrogen (secondary N) is 1. The summed E-state index contributed by atoms with van der Waals surface area (Å²) in [5.74, 6) is -0.212. The first-order valence-corrected chi connectivity index (χ1v) is 24.8. The molecule has 0 aromatic heterocycles. The fourth-order valence-electron chi connectivity index (χ4n) is 6.60. The average molecular weight is 811 g/mol. The van der Waals surface area contributed by atoms with E-state index in [0.29, 0.717) is 17.4 Å². The summed E-state index contributed by atoms with van der Waals surface area (Å²) in [6.07, 6.45) is 47.7. The van der Waals surface area contributed by atoms with Crippen molar-refractivity contribution >= 4 is 13.7 Å². The van der Waals surface area contributed by atoms with Crippen molar-refractivity contribution in [3.8, 4) is 0 Å². The Morgan fingerprint density at radius 1 is 0.607 bits per heavy atom. The number of rotatable bonds is 42. The normalized spacial score (nSPS) is 14.6. The zero-order valence-electron chi connectivity index (χ0n) is 37.3. The predicted octanol–water partition coefficient (Wildman–Crippen LogP) is 12.5. The standard InChI is InChI=1S/C47H91N2O6P/c1-6-8-10-12-14-16-18-20-21-22-23-24-25-26-27-28-29-30-32-34-36-38-40-46(50)45(44-55-56(52,53)54-43-42-49(3,4)5)48-47(51)41-39-37-35-33-31-19-17-15-13-11-9-7-2/h26-27,30,32,38,40,45-46,50H,6-25,28-29,31,33-37,39,41-44H2,1-5H3,(H-,48,51,52,53)/b27-26+,32-30+,40-38+. The minimum absolute atomic E-state index is 0.00794. The van der Waals surface area contributed by atoms with E-state index in [2.05, 4.69) is 43.5 Å². The highest BCUT2D eigenvalue weighted by atomic mass is 31.2. The van der Waals surface area contributed by atoms with Crippen LogP contribution in [0, 0.1) is 0 Å². The SMILES string of the molecule is CCCCCCCCCCCCCC/C=C/CC/C=C/CC/C=C/C(O)C(COP(=O)([O-])OCC[N+](C)(C)C)NC(=O)CCCCCCCCCCCCCC. The molecule has 0 heterocycles. The molecule has 9 heteroatoms.